The van der Waals surface area contributed by atoms with Gasteiger partial charge in [-0.25, -0.2) is 4.99 Å². The molecule has 0 unspecified atom stereocenters. The van der Waals surface area contributed by atoms with Gasteiger partial charge in [0.15, 0.2) is 9.82 Å². The summed E-state index contributed by atoms with van der Waals surface area (Å²) in [5.41, 5.74) is 1.84. The molecule has 0 spiro atoms. The number of hydrogen-bond acceptors (Lipinski definition) is 5. The van der Waals surface area contributed by atoms with E-state index in [2.05, 4.69) is 14.7 Å². The molecule has 1 aromatic heterocycles. The standard InChI is InChI=1S/C14H16ClN3OS2/c1-8-5-6-10(16-13-11(15)18-21-20-13)9(7-8)12(19)17-14(2,3)4/h5-7H,1-4H3,(H,17,19). The summed E-state index contributed by atoms with van der Waals surface area (Å²) in [5, 5.41) is 3.32. The second-order valence-electron chi connectivity index (χ2n) is 5.68. The lowest BCUT2D eigenvalue weighted by molar-refractivity contribution is 0.0920. The van der Waals surface area contributed by atoms with E-state index in [0.717, 1.165) is 5.56 Å². The van der Waals surface area contributed by atoms with Gasteiger partial charge in [0.25, 0.3) is 5.91 Å². The maximum absolute atomic E-state index is 12.4. The van der Waals surface area contributed by atoms with Crippen LogP contribution in [0.2, 0.25) is 5.15 Å². The summed E-state index contributed by atoms with van der Waals surface area (Å²) < 4.78 is 4.62. The smallest absolute Gasteiger partial charge is 0.253 e. The van der Waals surface area contributed by atoms with Crippen LogP contribution in [0.25, 0.3) is 0 Å². The molecule has 0 fully saturated rings. The van der Waals surface area contributed by atoms with E-state index in [-0.39, 0.29) is 11.4 Å². The lowest BCUT2D eigenvalue weighted by Crippen LogP contribution is -2.40. The highest BCUT2D eigenvalue weighted by molar-refractivity contribution is 7.66. The van der Waals surface area contributed by atoms with Gasteiger partial charge in [-0.2, -0.15) is 4.37 Å². The molecule has 112 valence electrons. The van der Waals surface area contributed by atoms with Gasteiger partial charge in [0.05, 0.1) is 11.3 Å². The lowest BCUT2D eigenvalue weighted by atomic mass is 10.1. The van der Waals surface area contributed by atoms with Gasteiger partial charge >= 0.3 is 0 Å². The highest BCUT2D eigenvalue weighted by Gasteiger charge is 2.18. The van der Waals surface area contributed by atoms with Gasteiger partial charge in [-0.05, 0) is 50.2 Å². The molecule has 1 aromatic carbocycles. The summed E-state index contributed by atoms with van der Waals surface area (Å²) in [7, 11) is 2.66. The number of aromatic nitrogens is 1. The molecule has 0 radical (unpaired) electrons. The van der Waals surface area contributed by atoms with E-state index in [9.17, 15) is 4.79 Å². The van der Waals surface area contributed by atoms with Crippen molar-refractivity contribution >= 4 is 44.1 Å². The van der Waals surface area contributed by atoms with Crippen LogP contribution in [0.4, 0.5) is 5.69 Å². The zero-order chi connectivity index (χ0) is 15.6. The van der Waals surface area contributed by atoms with E-state index in [4.69, 9.17) is 11.6 Å². The number of hydrogen-bond donors (Lipinski definition) is 1. The molecule has 1 N–H and O–H groups in total. The number of benzene rings is 1. The predicted octanol–water partition coefficient (Wildman–Crippen LogP) is 3.93. The second-order valence-corrected chi connectivity index (χ2v) is 7.87. The van der Waals surface area contributed by atoms with Crippen LogP contribution in [0.15, 0.2) is 23.2 Å². The minimum Gasteiger partial charge on any atom is -0.347 e. The molecule has 1 heterocycles. The molecule has 7 heteroatoms. The normalized spacial score (nSPS) is 12.5. The summed E-state index contributed by atoms with van der Waals surface area (Å²) in [4.78, 5) is 16.9. The second kappa shape index (κ2) is 6.25. The molecular formula is C14H16ClN3OS2. The summed E-state index contributed by atoms with van der Waals surface area (Å²) in [6.07, 6.45) is 0. The van der Waals surface area contributed by atoms with Crippen LogP contribution in [0.5, 0.6) is 0 Å². The Labute approximate surface area is 136 Å². The fourth-order valence-corrected chi connectivity index (χ4v) is 3.66. The van der Waals surface area contributed by atoms with Crippen molar-refractivity contribution in [1.82, 2.24) is 9.69 Å². The molecule has 0 atom stereocenters. The van der Waals surface area contributed by atoms with Crippen molar-refractivity contribution in [3.63, 3.8) is 0 Å². The largest absolute Gasteiger partial charge is 0.347 e. The molecule has 0 aliphatic rings. The monoisotopic (exact) mass is 341 g/mol. The first-order valence-corrected chi connectivity index (χ1v) is 8.84. The van der Waals surface area contributed by atoms with Crippen molar-refractivity contribution in [1.29, 1.82) is 0 Å². The number of carbonyl (C=O) groups is 1. The van der Waals surface area contributed by atoms with Gasteiger partial charge in [0, 0.05) is 16.1 Å². The number of carbonyl (C=O) groups excluding carboxylic acids is 1. The molecule has 0 aliphatic heterocycles. The van der Waals surface area contributed by atoms with Crippen molar-refractivity contribution in [2.75, 3.05) is 0 Å². The first kappa shape index (κ1) is 16.1. The Bertz CT molecular complexity index is 728. The zero-order valence-corrected chi connectivity index (χ0v) is 14.6. The zero-order valence-electron chi connectivity index (χ0n) is 12.2. The molecule has 0 saturated carbocycles. The SMILES string of the molecule is Cc1ccc(N=c2ssnc2Cl)c(C(=O)NC(C)(C)C)c1. The van der Waals surface area contributed by atoms with E-state index in [1.165, 1.54) is 20.9 Å². The number of nitrogens with zero attached hydrogens (tertiary/aromatic N) is 2. The fraction of sp³-hybridized carbons (Fsp3) is 0.357. The van der Waals surface area contributed by atoms with E-state index in [1.807, 2.05) is 45.9 Å². The Morgan fingerprint density at radius 2 is 2.10 bits per heavy atom. The van der Waals surface area contributed by atoms with E-state index < -0.39 is 0 Å². The predicted molar refractivity (Wildman–Crippen MR) is 88.6 cm³/mol. The Morgan fingerprint density at radius 1 is 1.38 bits per heavy atom. The number of rotatable bonds is 2. The van der Waals surface area contributed by atoms with Crippen molar-refractivity contribution in [3.8, 4) is 0 Å². The van der Waals surface area contributed by atoms with Gasteiger partial charge in [-0.15, -0.1) is 0 Å². The molecule has 4 nitrogen and oxygen atoms in total. The molecule has 2 rings (SSSR count). The summed E-state index contributed by atoms with van der Waals surface area (Å²) in [5.74, 6) is -0.144. The van der Waals surface area contributed by atoms with Gasteiger partial charge in [-0.3, -0.25) is 4.79 Å². The van der Waals surface area contributed by atoms with Crippen LogP contribution in [0.1, 0.15) is 36.7 Å². The third-order valence-electron chi connectivity index (χ3n) is 2.52. The molecule has 21 heavy (non-hydrogen) atoms. The van der Waals surface area contributed by atoms with E-state index in [0.29, 0.717) is 21.1 Å². The minimum atomic E-state index is -0.303. The number of amides is 1. The third kappa shape index (κ3) is 4.36. The summed E-state index contributed by atoms with van der Waals surface area (Å²) in [6, 6.07) is 5.58. The Balaban J connectivity index is 2.49. The molecule has 2 aromatic rings. The van der Waals surface area contributed by atoms with Gasteiger partial charge in [0.1, 0.15) is 0 Å². The van der Waals surface area contributed by atoms with Crippen molar-refractivity contribution in [2.45, 2.75) is 33.2 Å². The van der Waals surface area contributed by atoms with Gasteiger partial charge in [0.2, 0.25) is 0 Å². The van der Waals surface area contributed by atoms with E-state index in [1.54, 1.807) is 0 Å². The van der Waals surface area contributed by atoms with Gasteiger partial charge in [-0.1, -0.05) is 23.2 Å². The average molecular weight is 342 g/mol. The van der Waals surface area contributed by atoms with Crippen molar-refractivity contribution < 1.29 is 4.79 Å². The summed E-state index contributed by atoms with van der Waals surface area (Å²) >= 11 is 5.97. The topological polar surface area (TPSA) is 54.4 Å². The summed E-state index contributed by atoms with van der Waals surface area (Å²) in [6.45, 7) is 7.77. The number of nitrogens with one attached hydrogen (secondary N) is 1. The lowest BCUT2D eigenvalue weighted by Gasteiger charge is -2.21. The van der Waals surface area contributed by atoms with Crippen LogP contribution in [0.3, 0.4) is 0 Å². The van der Waals surface area contributed by atoms with Crippen LogP contribution in [-0.4, -0.2) is 15.8 Å². The van der Waals surface area contributed by atoms with Crippen LogP contribution >= 0.6 is 32.5 Å². The highest BCUT2D eigenvalue weighted by atomic mass is 35.5. The molecular weight excluding hydrogens is 326 g/mol. The van der Waals surface area contributed by atoms with Crippen molar-refractivity contribution in [3.05, 3.63) is 39.2 Å². The Hall–Kier alpha value is -1.24. The molecule has 0 saturated heterocycles. The Morgan fingerprint density at radius 3 is 2.67 bits per heavy atom. The third-order valence-corrected chi connectivity index (χ3v) is 4.69. The van der Waals surface area contributed by atoms with Crippen molar-refractivity contribution in [2.24, 2.45) is 4.99 Å². The van der Waals surface area contributed by atoms with E-state index >= 15 is 0 Å². The number of aryl methyl sites for hydroxylation is 1. The highest BCUT2D eigenvalue weighted by Crippen LogP contribution is 2.22. The van der Waals surface area contributed by atoms with Crippen LogP contribution in [-0.2, 0) is 0 Å². The minimum absolute atomic E-state index is 0.144. The quantitative estimate of drug-likeness (QED) is 0.841. The van der Waals surface area contributed by atoms with Gasteiger partial charge < -0.3 is 5.32 Å². The maximum Gasteiger partial charge on any atom is 0.253 e. The molecule has 1 amide bonds. The maximum atomic E-state index is 12.4. The first-order valence-electron chi connectivity index (χ1n) is 6.36. The fourth-order valence-electron chi connectivity index (χ4n) is 1.67. The molecule has 0 bridgehead atoms. The molecule has 0 aliphatic carbocycles. The first-order chi connectivity index (χ1) is 9.76. The Kier molecular flexibility index (Phi) is 4.81. The number of halogens is 1. The van der Waals surface area contributed by atoms with Crippen LogP contribution < -0.4 is 9.99 Å². The van der Waals surface area contributed by atoms with Crippen LogP contribution in [0, 0.1) is 6.92 Å². The average Bonchev–Trinajstić information content (AvgIpc) is 2.75.